The number of hydrogen-bond donors (Lipinski definition) is 1. The normalized spacial score (nSPS) is 13.2. The molecule has 1 rings (SSSR count). The molecule has 1 N–H and O–H groups in total. The molecule has 0 aliphatic heterocycles. The van der Waals surface area contributed by atoms with Crippen LogP contribution in [0.1, 0.15) is 20.8 Å². The molecule has 0 heterocycles. The van der Waals surface area contributed by atoms with Gasteiger partial charge in [-0.25, -0.2) is 12.8 Å². The first-order chi connectivity index (χ1) is 9.27. The third-order valence-electron chi connectivity index (χ3n) is 2.61. The predicted molar refractivity (Wildman–Crippen MR) is 72.0 cm³/mol. The van der Waals surface area contributed by atoms with Gasteiger partial charge in [0.2, 0.25) is 10.0 Å². The lowest BCUT2D eigenvalue weighted by Crippen LogP contribution is -2.45. The summed E-state index contributed by atoms with van der Waals surface area (Å²) in [7, 11) is -3.90. The zero-order valence-corrected chi connectivity index (χ0v) is 12.4. The van der Waals surface area contributed by atoms with E-state index in [1.54, 1.807) is 20.8 Å². The molecule has 0 aromatic heterocycles. The van der Waals surface area contributed by atoms with Gasteiger partial charge < -0.3 is 4.74 Å². The molecule has 0 fully saturated rings. The molecule has 5 nitrogen and oxygen atoms in total. The average Bonchev–Trinajstić information content (AvgIpc) is 2.36. The minimum Gasteiger partial charge on any atom is -0.465 e. The molecule has 0 bridgehead atoms. The fourth-order valence-electron chi connectivity index (χ4n) is 1.54. The number of carbonyl (C=O) groups is 1. The minimum absolute atomic E-state index is 0.103. The molecule has 0 radical (unpaired) electrons. The second-order valence-corrected chi connectivity index (χ2v) is 6.26. The summed E-state index contributed by atoms with van der Waals surface area (Å²) in [4.78, 5) is 11.6. The number of sulfonamides is 1. The van der Waals surface area contributed by atoms with E-state index in [-0.39, 0.29) is 17.4 Å². The lowest BCUT2D eigenvalue weighted by atomic mass is 10.1. The van der Waals surface area contributed by atoms with Gasteiger partial charge in [-0.1, -0.05) is 13.8 Å². The summed E-state index contributed by atoms with van der Waals surface area (Å²) in [5.41, 5.74) is 0. The maximum Gasteiger partial charge on any atom is 0.324 e. The molecule has 0 saturated carbocycles. The van der Waals surface area contributed by atoms with E-state index in [9.17, 15) is 17.6 Å². The standard InChI is InChI=1S/C13H18FNO4S/c1-4-19-13(16)12(9(2)3)15-20(17,18)11-7-5-10(14)6-8-11/h5-9,12,15H,4H2,1-3H3/t12-/m1/s1. The van der Waals surface area contributed by atoms with Crippen LogP contribution < -0.4 is 4.72 Å². The van der Waals surface area contributed by atoms with Crippen LogP contribution in [0, 0.1) is 11.7 Å². The fraction of sp³-hybridized carbons (Fsp3) is 0.462. The Labute approximate surface area is 118 Å². The number of benzene rings is 1. The Morgan fingerprint density at radius 2 is 1.85 bits per heavy atom. The third-order valence-corrected chi connectivity index (χ3v) is 4.07. The van der Waals surface area contributed by atoms with Gasteiger partial charge in [0.25, 0.3) is 0 Å². The summed E-state index contributed by atoms with van der Waals surface area (Å²) >= 11 is 0. The summed E-state index contributed by atoms with van der Waals surface area (Å²) in [6.07, 6.45) is 0. The average molecular weight is 303 g/mol. The molecule has 0 spiro atoms. The lowest BCUT2D eigenvalue weighted by molar-refractivity contribution is -0.146. The Morgan fingerprint density at radius 1 is 1.30 bits per heavy atom. The van der Waals surface area contributed by atoms with Crippen molar-refractivity contribution in [3.8, 4) is 0 Å². The second kappa shape index (κ2) is 6.81. The van der Waals surface area contributed by atoms with E-state index in [1.807, 2.05) is 0 Å². The van der Waals surface area contributed by atoms with Crippen molar-refractivity contribution in [3.63, 3.8) is 0 Å². The predicted octanol–water partition coefficient (Wildman–Crippen LogP) is 1.69. The van der Waals surface area contributed by atoms with Crippen molar-refractivity contribution in [1.29, 1.82) is 0 Å². The topological polar surface area (TPSA) is 72.5 Å². The highest BCUT2D eigenvalue weighted by Gasteiger charge is 2.29. The van der Waals surface area contributed by atoms with Crippen LogP contribution in [0.4, 0.5) is 4.39 Å². The zero-order valence-electron chi connectivity index (χ0n) is 11.6. The first-order valence-electron chi connectivity index (χ1n) is 6.22. The van der Waals surface area contributed by atoms with E-state index in [0.717, 1.165) is 24.3 Å². The van der Waals surface area contributed by atoms with Crippen LogP contribution in [-0.4, -0.2) is 27.0 Å². The Morgan fingerprint density at radius 3 is 2.30 bits per heavy atom. The Kier molecular flexibility index (Phi) is 5.64. The number of ether oxygens (including phenoxy) is 1. The highest BCUT2D eigenvalue weighted by molar-refractivity contribution is 7.89. The van der Waals surface area contributed by atoms with Crippen molar-refractivity contribution in [2.75, 3.05) is 6.61 Å². The van der Waals surface area contributed by atoms with E-state index in [2.05, 4.69) is 4.72 Å². The van der Waals surface area contributed by atoms with Crippen LogP contribution in [0.15, 0.2) is 29.2 Å². The molecule has 1 aromatic carbocycles. The van der Waals surface area contributed by atoms with Crippen molar-refractivity contribution in [2.24, 2.45) is 5.92 Å². The first kappa shape index (κ1) is 16.6. The van der Waals surface area contributed by atoms with Crippen molar-refractivity contribution in [3.05, 3.63) is 30.1 Å². The molecule has 0 amide bonds. The van der Waals surface area contributed by atoms with Gasteiger partial charge >= 0.3 is 5.97 Å². The molecule has 1 atom stereocenters. The summed E-state index contributed by atoms with van der Waals surface area (Å²) in [6.45, 7) is 5.22. The van der Waals surface area contributed by atoms with Gasteiger partial charge in [-0.15, -0.1) is 0 Å². The highest BCUT2D eigenvalue weighted by atomic mass is 32.2. The minimum atomic E-state index is -3.90. The van der Waals surface area contributed by atoms with Crippen LogP contribution in [0.3, 0.4) is 0 Å². The maximum absolute atomic E-state index is 12.8. The molecular formula is C13H18FNO4S. The highest BCUT2D eigenvalue weighted by Crippen LogP contribution is 2.13. The van der Waals surface area contributed by atoms with Gasteiger partial charge in [0, 0.05) is 0 Å². The number of esters is 1. The van der Waals surface area contributed by atoms with Crippen LogP contribution in [0.5, 0.6) is 0 Å². The van der Waals surface area contributed by atoms with Gasteiger partial charge in [-0.05, 0) is 37.1 Å². The molecule has 20 heavy (non-hydrogen) atoms. The first-order valence-corrected chi connectivity index (χ1v) is 7.70. The number of halogens is 1. The lowest BCUT2D eigenvalue weighted by Gasteiger charge is -2.20. The van der Waals surface area contributed by atoms with Gasteiger partial charge in [0.05, 0.1) is 11.5 Å². The maximum atomic E-state index is 12.8. The van der Waals surface area contributed by atoms with Crippen molar-refractivity contribution in [2.45, 2.75) is 31.7 Å². The Balaban J connectivity index is 2.97. The van der Waals surface area contributed by atoms with Crippen LogP contribution in [-0.2, 0) is 19.6 Å². The number of carbonyl (C=O) groups excluding carboxylic acids is 1. The van der Waals surface area contributed by atoms with Gasteiger partial charge in [-0.3, -0.25) is 4.79 Å². The summed E-state index contributed by atoms with van der Waals surface area (Å²) in [5, 5.41) is 0. The van der Waals surface area contributed by atoms with Gasteiger partial charge in [0.15, 0.2) is 0 Å². The van der Waals surface area contributed by atoms with Gasteiger partial charge in [0.1, 0.15) is 11.9 Å². The number of hydrogen-bond acceptors (Lipinski definition) is 4. The quantitative estimate of drug-likeness (QED) is 0.812. The third kappa shape index (κ3) is 4.28. The molecule has 7 heteroatoms. The SMILES string of the molecule is CCOC(=O)[C@H](NS(=O)(=O)c1ccc(F)cc1)C(C)C. The van der Waals surface area contributed by atoms with E-state index < -0.39 is 27.9 Å². The number of nitrogens with one attached hydrogen (secondary N) is 1. The largest absolute Gasteiger partial charge is 0.465 e. The molecule has 0 saturated heterocycles. The van der Waals surface area contributed by atoms with E-state index in [1.165, 1.54) is 0 Å². The molecule has 1 aromatic rings. The summed E-state index contributed by atoms with van der Waals surface area (Å²) in [6, 6.07) is 3.39. The summed E-state index contributed by atoms with van der Waals surface area (Å²) in [5.74, 6) is -1.44. The number of rotatable bonds is 6. The molecule has 112 valence electrons. The van der Waals surface area contributed by atoms with Crippen molar-refractivity contribution in [1.82, 2.24) is 4.72 Å². The smallest absolute Gasteiger partial charge is 0.324 e. The zero-order chi connectivity index (χ0) is 15.3. The second-order valence-electron chi connectivity index (χ2n) is 4.55. The molecule has 0 aliphatic rings. The van der Waals surface area contributed by atoms with E-state index in [4.69, 9.17) is 4.74 Å². The van der Waals surface area contributed by atoms with Crippen LogP contribution >= 0.6 is 0 Å². The molecule has 0 aliphatic carbocycles. The van der Waals surface area contributed by atoms with E-state index >= 15 is 0 Å². The van der Waals surface area contributed by atoms with Gasteiger partial charge in [-0.2, -0.15) is 4.72 Å². The van der Waals surface area contributed by atoms with Crippen LogP contribution in [0.2, 0.25) is 0 Å². The Bertz CT molecular complexity index is 554. The molecular weight excluding hydrogens is 285 g/mol. The fourth-order valence-corrected chi connectivity index (χ4v) is 2.87. The summed E-state index contributed by atoms with van der Waals surface area (Å²) < 4.78 is 44.2. The van der Waals surface area contributed by atoms with E-state index in [0.29, 0.717) is 0 Å². The van der Waals surface area contributed by atoms with Crippen molar-refractivity contribution < 1.29 is 22.3 Å². The van der Waals surface area contributed by atoms with Crippen LogP contribution in [0.25, 0.3) is 0 Å². The van der Waals surface area contributed by atoms with Crippen molar-refractivity contribution >= 4 is 16.0 Å². The Hall–Kier alpha value is -1.47. The monoisotopic (exact) mass is 303 g/mol. The molecule has 0 unspecified atom stereocenters.